The average molecular weight is 242 g/mol. The van der Waals surface area contributed by atoms with Crippen molar-refractivity contribution in [2.75, 3.05) is 6.61 Å². The fourth-order valence-corrected chi connectivity index (χ4v) is 1.78. The maximum absolute atomic E-state index is 5.56. The third kappa shape index (κ3) is 3.68. The lowest BCUT2D eigenvalue weighted by Crippen LogP contribution is -2.06. The normalized spacial score (nSPS) is 9.88. The molecule has 86 valence electrons. The Kier molecular flexibility index (Phi) is 4.28. The quantitative estimate of drug-likeness (QED) is 0.757. The molecule has 2 heteroatoms. The average Bonchev–Trinajstić information content (AvgIpc) is 2.41. The molecule has 0 aliphatic rings. The number of hydrogen-bond donors (Lipinski definition) is 0. The minimum absolute atomic E-state index is 0.571. The van der Waals surface area contributed by atoms with Gasteiger partial charge in [0.05, 0.1) is 6.61 Å². The second-order valence-electron chi connectivity index (χ2n) is 3.74. The van der Waals surface area contributed by atoms with E-state index >= 15 is 0 Å². The van der Waals surface area contributed by atoms with E-state index in [-0.39, 0.29) is 0 Å². The van der Waals surface area contributed by atoms with Crippen LogP contribution in [0.1, 0.15) is 11.1 Å². The molecule has 17 heavy (non-hydrogen) atoms. The van der Waals surface area contributed by atoms with E-state index < -0.39 is 0 Å². The third-order valence-electron chi connectivity index (χ3n) is 2.48. The van der Waals surface area contributed by atoms with Crippen LogP contribution in [0.2, 0.25) is 0 Å². The topological polar surface area (TPSA) is 9.23 Å². The smallest absolute Gasteiger partial charge is 0.191 e. The van der Waals surface area contributed by atoms with Crippen LogP contribution in [0.5, 0.6) is 0 Å². The maximum atomic E-state index is 5.56. The molecule has 0 atom stereocenters. The Morgan fingerprint density at radius 2 is 1.47 bits per heavy atom. The summed E-state index contributed by atoms with van der Waals surface area (Å²) in [7, 11) is 0. The fraction of sp³-hybridized carbons (Fsp3) is 0.133. The number of rotatable bonds is 4. The van der Waals surface area contributed by atoms with Gasteiger partial charge in [-0.2, -0.15) is 0 Å². The van der Waals surface area contributed by atoms with Crippen molar-refractivity contribution in [3.8, 4) is 0 Å². The van der Waals surface area contributed by atoms with Gasteiger partial charge in [0.1, 0.15) is 0 Å². The summed E-state index contributed by atoms with van der Waals surface area (Å²) in [6.45, 7) is 0.623. The van der Waals surface area contributed by atoms with E-state index in [2.05, 4.69) is 12.1 Å². The molecule has 1 nitrogen and oxygen atoms in total. The van der Waals surface area contributed by atoms with E-state index in [1.54, 1.807) is 0 Å². The van der Waals surface area contributed by atoms with Crippen molar-refractivity contribution in [2.45, 2.75) is 6.42 Å². The van der Waals surface area contributed by atoms with Gasteiger partial charge in [-0.15, -0.1) is 0 Å². The highest BCUT2D eigenvalue weighted by atomic mass is 32.1. The summed E-state index contributed by atoms with van der Waals surface area (Å²) in [6, 6.07) is 20.1. The summed E-state index contributed by atoms with van der Waals surface area (Å²) in [5.74, 6) is 0. The van der Waals surface area contributed by atoms with Crippen LogP contribution >= 0.6 is 12.2 Å². The molecule has 0 radical (unpaired) electrons. The summed E-state index contributed by atoms with van der Waals surface area (Å²) in [4.78, 5) is 0. The van der Waals surface area contributed by atoms with Gasteiger partial charge in [-0.05, 0) is 17.8 Å². The molecule has 0 saturated heterocycles. The number of benzene rings is 2. The number of thiocarbonyl (C=S) groups is 1. The van der Waals surface area contributed by atoms with Gasteiger partial charge >= 0.3 is 0 Å². The zero-order valence-corrected chi connectivity index (χ0v) is 10.3. The van der Waals surface area contributed by atoms with E-state index in [0.29, 0.717) is 11.7 Å². The van der Waals surface area contributed by atoms with E-state index in [1.807, 2.05) is 48.5 Å². The Bertz CT molecular complexity index is 465. The zero-order valence-electron chi connectivity index (χ0n) is 9.50. The lowest BCUT2D eigenvalue weighted by Gasteiger charge is -2.07. The second-order valence-corrected chi connectivity index (χ2v) is 4.11. The highest BCUT2D eigenvalue weighted by molar-refractivity contribution is 7.80. The summed E-state index contributed by atoms with van der Waals surface area (Å²) in [5.41, 5.74) is 2.24. The molecule has 2 aromatic carbocycles. The molecule has 0 aliphatic heterocycles. The van der Waals surface area contributed by atoms with Crippen molar-refractivity contribution in [2.24, 2.45) is 0 Å². The lowest BCUT2D eigenvalue weighted by molar-refractivity contribution is 0.318. The Labute approximate surface area is 107 Å². The monoisotopic (exact) mass is 242 g/mol. The van der Waals surface area contributed by atoms with E-state index in [1.165, 1.54) is 5.56 Å². The first kappa shape index (κ1) is 11.8. The van der Waals surface area contributed by atoms with Gasteiger partial charge in [0.25, 0.3) is 0 Å². The number of hydrogen-bond acceptors (Lipinski definition) is 2. The van der Waals surface area contributed by atoms with Crippen molar-refractivity contribution in [3.05, 3.63) is 71.8 Å². The van der Waals surface area contributed by atoms with Gasteiger partial charge in [-0.25, -0.2) is 0 Å². The summed E-state index contributed by atoms with van der Waals surface area (Å²) in [5, 5.41) is 0.571. The van der Waals surface area contributed by atoms with Crippen molar-refractivity contribution >= 4 is 17.3 Å². The van der Waals surface area contributed by atoms with Crippen LogP contribution in [0.4, 0.5) is 0 Å². The summed E-state index contributed by atoms with van der Waals surface area (Å²) in [6.07, 6.45) is 0.883. The SMILES string of the molecule is S=C(OCCc1ccccc1)c1ccccc1. The Balaban J connectivity index is 1.82. The predicted octanol–water partition coefficient (Wildman–Crippen LogP) is 3.62. The lowest BCUT2D eigenvalue weighted by atomic mass is 10.2. The minimum atomic E-state index is 0.571. The van der Waals surface area contributed by atoms with Gasteiger partial charge in [0.2, 0.25) is 0 Å². The fourth-order valence-electron chi connectivity index (χ4n) is 1.56. The van der Waals surface area contributed by atoms with Gasteiger partial charge in [-0.3, -0.25) is 0 Å². The van der Waals surface area contributed by atoms with Gasteiger partial charge in [0, 0.05) is 12.0 Å². The Morgan fingerprint density at radius 1 is 0.882 bits per heavy atom. The molecule has 2 rings (SSSR count). The maximum Gasteiger partial charge on any atom is 0.191 e. The van der Waals surface area contributed by atoms with E-state index in [4.69, 9.17) is 17.0 Å². The largest absolute Gasteiger partial charge is 0.483 e. The third-order valence-corrected chi connectivity index (χ3v) is 2.83. The highest BCUT2D eigenvalue weighted by Gasteiger charge is 2.00. The van der Waals surface area contributed by atoms with Crippen molar-refractivity contribution in [1.82, 2.24) is 0 Å². The van der Waals surface area contributed by atoms with Gasteiger partial charge in [-0.1, -0.05) is 60.7 Å². The molecular formula is C15H14OS. The van der Waals surface area contributed by atoms with Crippen LogP contribution in [0, 0.1) is 0 Å². The molecule has 0 aromatic heterocycles. The van der Waals surface area contributed by atoms with Crippen LogP contribution in [0.25, 0.3) is 0 Å². The molecule has 2 aromatic rings. The first-order valence-corrected chi connectivity index (χ1v) is 6.03. The molecule has 0 amide bonds. The van der Waals surface area contributed by atoms with Crippen LogP contribution in [0.3, 0.4) is 0 Å². The van der Waals surface area contributed by atoms with Gasteiger partial charge in [0.15, 0.2) is 5.05 Å². The Morgan fingerprint density at radius 3 is 2.12 bits per heavy atom. The van der Waals surface area contributed by atoms with Crippen LogP contribution in [0.15, 0.2) is 60.7 Å². The first-order valence-electron chi connectivity index (χ1n) is 5.62. The van der Waals surface area contributed by atoms with Crippen molar-refractivity contribution in [3.63, 3.8) is 0 Å². The second kappa shape index (κ2) is 6.16. The van der Waals surface area contributed by atoms with Crippen molar-refractivity contribution in [1.29, 1.82) is 0 Å². The molecule has 0 unspecified atom stereocenters. The standard InChI is InChI=1S/C15H14OS/c17-15(14-9-5-2-6-10-14)16-12-11-13-7-3-1-4-8-13/h1-10H,11-12H2. The minimum Gasteiger partial charge on any atom is -0.483 e. The predicted molar refractivity (Wildman–Crippen MR) is 74.2 cm³/mol. The molecular weight excluding hydrogens is 228 g/mol. The summed E-state index contributed by atoms with van der Waals surface area (Å²) < 4.78 is 5.56. The highest BCUT2D eigenvalue weighted by Crippen LogP contribution is 2.04. The molecule has 0 bridgehead atoms. The van der Waals surface area contributed by atoms with Crippen LogP contribution in [-0.2, 0) is 11.2 Å². The molecule has 0 aliphatic carbocycles. The molecule has 0 heterocycles. The molecule has 0 fully saturated rings. The van der Waals surface area contributed by atoms with Crippen LogP contribution < -0.4 is 0 Å². The van der Waals surface area contributed by atoms with Crippen molar-refractivity contribution < 1.29 is 4.74 Å². The molecule has 0 saturated carbocycles. The zero-order chi connectivity index (χ0) is 11.9. The summed E-state index contributed by atoms with van der Waals surface area (Å²) >= 11 is 5.21. The molecule has 0 N–H and O–H groups in total. The van der Waals surface area contributed by atoms with E-state index in [0.717, 1.165) is 12.0 Å². The molecule has 0 spiro atoms. The van der Waals surface area contributed by atoms with Crippen LogP contribution in [-0.4, -0.2) is 11.7 Å². The first-order chi connectivity index (χ1) is 8.36. The Hall–Kier alpha value is -1.67. The number of ether oxygens (including phenoxy) is 1. The van der Waals surface area contributed by atoms with Gasteiger partial charge < -0.3 is 4.74 Å². The van der Waals surface area contributed by atoms with E-state index in [9.17, 15) is 0 Å².